The van der Waals surface area contributed by atoms with Crippen molar-refractivity contribution >= 4 is 32.6 Å². The number of aromatic nitrogens is 2. The minimum atomic E-state index is -0.158. The van der Waals surface area contributed by atoms with Gasteiger partial charge in [-0.15, -0.1) is 0 Å². The summed E-state index contributed by atoms with van der Waals surface area (Å²) in [5, 5.41) is 0.582. The van der Waals surface area contributed by atoms with Gasteiger partial charge in [-0.1, -0.05) is 17.4 Å². The Kier molecular flexibility index (Phi) is 6.51. The molecule has 2 heterocycles. The third kappa shape index (κ3) is 4.50. The molecule has 2 aromatic heterocycles. The summed E-state index contributed by atoms with van der Waals surface area (Å²) in [6.07, 6.45) is 3.45. The molecule has 0 aliphatic rings. The molecular formula is C24H23N3O4S. The first-order valence-corrected chi connectivity index (χ1v) is 10.9. The van der Waals surface area contributed by atoms with Crippen LogP contribution in [0.2, 0.25) is 0 Å². The number of thiazole rings is 1. The molecule has 7 nitrogen and oxygen atoms in total. The van der Waals surface area contributed by atoms with Crippen molar-refractivity contribution in [1.29, 1.82) is 0 Å². The first kappa shape index (κ1) is 21.6. The number of benzene rings is 2. The van der Waals surface area contributed by atoms with Crippen molar-refractivity contribution in [2.24, 2.45) is 0 Å². The van der Waals surface area contributed by atoms with Gasteiger partial charge in [0.2, 0.25) is 0 Å². The third-order valence-corrected chi connectivity index (χ3v) is 5.88. The van der Waals surface area contributed by atoms with E-state index in [-0.39, 0.29) is 5.91 Å². The van der Waals surface area contributed by atoms with E-state index < -0.39 is 0 Å². The van der Waals surface area contributed by atoms with E-state index in [1.54, 1.807) is 55.8 Å². The van der Waals surface area contributed by atoms with Gasteiger partial charge in [-0.25, -0.2) is 4.98 Å². The Morgan fingerprint density at radius 3 is 2.47 bits per heavy atom. The summed E-state index contributed by atoms with van der Waals surface area (Å²) in [5.74, 6) is 1.78. The largest absolute Gasteiger partial charge is 0.494 e. The Hall–Kier alpha value is -3.65. The summed E-state index contributed by atoms with van der Waals surface area (Å²) < 4.78 is 17.2. The van der Waals surface area contributed by atoms with Gasteiger partial charge in [-0.3, -0.25) is 14.7 Å². The average Bonchev–Trinajstić information content (AvgIpc) is 3.25. The highest BCUT2D eigenvalue weighted by molar-refractivity contribution is 7.22. The van der Waals surface area contributed by atoms with Crippen molar-refractivity contribution in [2.45, 2.75) is 13.5 Å². The van der Waals surface area contributed by atoms with Crippen LogP contribution in [0.25, 0.3) is 10.2 Å². The van der Waals surface area contributed by atoms with Gasteiger partial charge < -0.3 is 14.2 Å². The Labute approximate surface area is 190 Å². The monoisotopic (exact) mass is 449 g/mol. The maximum absolute atomic E-state index is 13.5. The molecule has 0 saturated heterocycles. The van der Waals surface area contributed by atoms with Crippen LogP contribution in [0.4, 0.5) is 5.13 Å². The number of methoxy groups -OCH3 is 2. The lowest BCUT2D eigenvalue weighted by molar-refractivity contribution is 0.0985. The highest BCUT2D eigenvalue weighted by Gasteiger charge is 2.23. The fraction of sp³-hybridized carbons (Fsp3) is 0.208. The number of hydrogen-bond donors (Lipinski definition) is 0. The van der Waals surface area contributed by atoms with Crippen LogP contribution >= 0.6 is 11.3 Å². The molecular weight excluding hydrogens is 426 g/mol. The third-order valence-electron chi connectivity index (χ3n) is 4.83. The summed E-state index contributed by atoms with van der Waals surface area (Å²) in [6.45, 7) is 2.83. The predicted molar refractivity (Wildman–Crippen MR) is 125 cm³/mol. The summed E-state index contributed by atoms with van der Waals surface area (Å²) >= 11 is 1.42. The van der Waals surface area contributed by atoms with E-state index in [1.807, 2.05) is 31.2 Å². The van der Waals surface area contributed by atoms with E-state index in [1.165, 1.54) is 11.3 Å². The number of carbonyl (C=O) groups excluding carboxylic acids is 1. The van der Waals surface area contributed by atoms with E-state index in [4.69, 9.17) is 19.2 Å². The van der Waals surface area contributed by atoms with Crippen LogP contribution in [0.5, 0.6) is 17.2 Å². The molecule has 0 aliphatic carbocycles. The van der Waals surface area contributed by atoms with Crippen LogP contribution < -0.4 is 19.1 Å². The normalized spacial score (nSPS) is 10.7. The fourth-order valence-corrected chi connectivity index (χ4v) is 4.25. The number of fused-ring (bicyclic) bond motifs is 1. The van der Waals surface area contributed by atoms with E-state index in [0.717, 1.165) is 21.5 Å². The van der Waals surface area contributed by atoms with Gasteiger partial charge in [-0.05, 0) is 42.8 Å². The average molecular weight is 450 g/mol. The molecule has 0 aliphatic heterocycles. The quantitative estimate of drug-likeness (QED) is 0.379. The van der Waals surface area contributed by atoms with Crippen molar-refractivity contribution in [3.63, 3.8) is 0 Å². The zero-order valence-corrected chi connectivity index (χ0v) is 18.9. The van der Waals surface area contributed by atoms with Crippen LogP contribution in [-0.4, -0.2) is 36.7 Å². The lowest BCUT2D eigenvalue weighted by Gasteiger charge is -2.20. The Morgan fingerprint density at radius 2 is 1.81 bits per heavy atom. The van der Waals surface area contributed by atoms with Gasteiger partial charge in [0.1, 0.15) is 5.75 Å². The molecule has 0 unspecified atom stereocenters. The smallest absolute Gasteiger partial charge is 0.260 e. The maximum Gasteiger partial charge on any atom is 0.260 e. The second-order valence-electron chi connectivity index (χ2n) is 6.88. The summed E-state index contributed by atoms with van der Waals surface area (Å²) in [4.78, 5) is 24.1. The van der Waals surface area contributed by atoms with Gasteiger partial charge in [0, 0.05) is 30.1 Å². The highest BCUT2D eigenvalue weighted by Crippen LogP contribution is 2.38. The van der Waals surface area contributed by atoms with Crippen molar-refractivity contribution in [1.82, 2.24) is 9.97 Å². The van der Waals surface area contributed by atoms with Gasteiger partial charge in [0.05, 0.1) is 37.6 Å². The lowest BCUT2D eigenvalue weighted by atomic mass is 10.2. The standard InChI is InChI=1S/C24H23N3O4S/c1-4-31-18-9-7-17(8-10-18)23(28)27(15-16-6-5-11-25-14-16)24-26-19-12-20(29-2)21(30-3)13-22(19)32-24/h5-14H,4,15H2,1-3H3. The van der Waals surface area contributed by atoms with Crippen molar-refractivity contribution < 1.29 is 19.0 Å². The van der Waals surface area contributed by atoms with Gasteiger partial charge in [0.15, 0.2) is 16.6 Å². The highest BCUT2D eigenvalue weighted by atomic mass is 32.1. The topological polar surface area (TPSA) is 73.8 Å². The Morgan fingerprint density at radius 1 is 1.06 bits per heavy atom. The molecule has 8 heteroatoms. The maximum atomic E-state index is 13.5. The number of ether oxygens (including phenoxy) is 3. The Balaban J connectivity index is 1.74. The van der Waals surface area contributed by atoms with E-state index in [2.05, 4.69) is 4.98 Å². The molecule has 0 fully saturated rings. The van der Waals surface area contributed by atoms with Crippen LogP contribution in [0.1, 0.15) is 22.8 Å². The summed E-state index contributed by atoms with van der Waals surface area (Å²) in [7, 11) is 3.18. The van der Waals surface area contributed by atoms with Crippen LogP contribution in [0.15, 0.2) is 60.9 Å². The fourth-order valence-electron chi connectivity index (χ4n) is 3.28. The molecule has 0 atom stereocenters. The number of nitrogens with zero attached hydrogens (tertiary/aromatic N) is 3. The molecule has 4 aromatic rings. The predicted octanol–water partition coefficient (Wildman–Crippen LogP) is 4.95. The number of rotatable bonds is 8. The summed E-state index contributed by atoms with van der Waals surface area (Å²) in [6, 6.07) is 14.6. The minimum Gasteiger partial charge on any atom is -0.494 e. The van der Waals surface area contributed by atoms with Gasteiger partial charge in [-0.2, -0.15) is 0 Å². The van der Waals surface area contributed by atoms with Crippen molar-refractivity contribution in [2.75, 3.05) is 25.7 Å². The number of hydrogen-bond acceptors (Lipinski definition) is 7. The van der Waals surface area contributed by atoms with Crippen LogP contribution in [0.3, 0.4) is 0 Å². The molecule has 0 radical (unpaired) electrons. The number of pyridine rings is 1. The van der Waals surface area contributed by atoms with Crippen LogP contribution in [0, 0.1) is 0 Å². The molecule has 164 valence electrons. The number of anilines is 1. The van der Waals surface area contributed by atoms with Crippen molar-refractivity contribution in [3.8, 4) is 17.2 Å². The van der Waals surface area contributed by atoms with E-state index in [0.29, 0.717) is 35.3 Å². The lowest BCUT2D eigenvalue weighted by Crippen LogP contribution is -2.30. The Bertz CT molecular complexity index is 1170. The SMILES string of the molecule is CCOc1ccc(C(=O)N(Cc2cccnc2)c2nc3cc(OC)c(OC)cc3s2)cc1. The molecule has 1 amide bonds. The van der Waals surface area contributed by atoms with E-state index >= 15 is 0 Å². The van der Waals surface area contributed by atoms with Crippen LogP contribution in [-0.2, 0) is 6.54 Å². The van der Waals surface area contributed by atoms with Gasteiger partial charge in [0.25, 0.3) is 5.91 Å². The van der Waals surface area contributed by atoms with Crippen molar-refractivity contribution in [3.05, 3.63) is 72.1 Å². The first-order chi connectivity index (χ1) is 15.6. The molecule has 4 rings (SSSR count). The first-order valence-electron chi connectivity index (χ1n) is 10.1. The molecule has 0 spiro atoms. The number of carbonyl (C=O) groups is 1. The molecule has 0 N–H and O–H groups in total. The molecule has 2 aromatic carbocycles. The minimum absolute atomic E-state index is 0.158. The molecule has 0 saturated carbocycles. The molecule has 0 bridgehead atoms. The second-order valence-corrected chi connectivity index (χ2v) is 7.89. The summed E-state index contributed by atoms with van der Waals surface area (Å²) in [5.41, 5.74) is 2.19. The second kappa shape index (κ2) is 9.65. The zero-order chi connectivity index (χ0) is 22.5. The van der Waals surface area contributed by atoms with Gasteiger partial charge >= 0.3 is 0 Å². The number of amides is 1. The molecule has 32 heavy (non-hydrogen) atoms. The van der Waals surface area contributed by atoms with E-state index in [9.17, 15) is 4.79 Å². The zero-order valence-electron chi connectivity index (χ0n) is 18.1.